The lowest BCUT2D eigenvalue weighted by atomic mass is 9.86. The van der Waals surface area contributed by atoms with Crippen molar-refractivity contribution >= 4 is 5.82 Å². The topological polar surface area (TPSA) is 39.9 Å². The molecule has 3 unspecified atom stereocenters. The predicted octanol–water partition coefficient (Wildman–Crippen LogP) is 3.13. The van der Waals surface area contributed by atoms with Gasteiger partial charge in [0.25, 0.3) is 0 Å². The highest BCUT2D eigenvalue weighted by atomic mass is 15.2. The highest BCUT2D eigenvalue weighted by Gasteiger charge is 2.30. The molecule has 0 radical (unpaired) electrons. The maximum atomic E-state index is 9.24. The molecule has 0 aliphatic carbocycles. The van der Waals surface area contributed by atoms with Gasteiger partial charge < -0.3 is 4.90 Å². The van der Waals surface area contributed by atoms with Crippen molar-refractivity contribution in [1.29, 1.82) is 5.26 Å². The number of aryl methyl sites for hydroxylation is 1. The Bertz CT molecular complexity index is 475. The molecule has 0 saturated carbocycles. The second kappa shape index (κ2) is 4.97. The molecule has 0 bridgehead atoms. The van der Waals surface area contributed by atoms with Crippen LogP contribution in [0.5, 0.6) is 0 Å². The normalized spacial score (nSPS) is 27.9. The van der Waals surface area contributed by atoms with Gasteiger partial charge >= 0.3 is 0 Å². The number of piperidine rings is 1. The minimum atomic E-state index is 0.447. The Morgan fingerprint density at radius 2 is 2.06 bits per heavy atom. The molecule has 2 rings (SSSR count). The monoisotopic (exact) mass is 243 g/mol. The van der Waals surface area contributed by atoms with Gasteiger partial charge in [-0.1, -0.05) is 13.8 Å². The van der Waals surface area contributed by atoms with E-state index in [1.165, 1.54) is 6.42 Å². The van der Waals surface area contributed by atoms with Crippen LogP contribution in [0.1, 0.15) is 38.4 Å². The van der Waals surface area contributed by atoms with E-state index in [1.54, 1.807) is 0 Å². The van der Waals surface area contributed by atoms with Gasteiger partial charge in [0.2, 0.25) is 0 Å². The van der Waals surface area contributed by atoms with E-state index >= 15 is 0 Å². The zero-order chi connectivity index (χ0) is 13.3. The quantitative estimate of drug-likeness (QED) is 0.760. The highest BCUT2D eigenvalue weighted by Crippen LogP contribution is 2.31. The smallest absolute Gasteiger partial charge is 0.147 e. The summed E-state index contributed by atoms with van der Waals surface area (Å²) in [4.78, 5) is 6.90. The fraction of sp³-hybridized carbons (Fsp3) is 0.600. The minimum Gasteiger partial charge on any atom is -0.352 e. The van der Waals surface area contributed by atoms with Crippen LogP contribution in [0.3, 0.4) is 0 Å². The number of hydrogen-bond acceptors (Lipinski definition) is 3. The molecule has 18 heavy (non-hydrogen) atoms. The van der Waals surface area contributed by atoms with Gasteiger partial charge in [0.15, 0.2) is 0 Å². The van der Waals surface area contributed by atoms with Crippen LogP contribution in [0.15, 0.2) is 12.1 Å². The van der Waals surface area contributed by atoms with E-state index in [-0.39, 0.29) is 0 Å². The van der Waals surface area contributed by atoms with E-state index < -0.39 is 0 Å². The first-order valence-electron chi connectivity index (χ1n) is 6.67. The van der Waals surface area contributed by atoms with Crippen LogP contribution in [0, 0.1) is 30.1 Å². The van der Waals surface area contributed by atoms with Crippen molar-refractivity contribution in [3.05, 3.63) is 23.4 Å². The Labute approximate surface area is 109 Å². The fourth-order valence-electron chi connectivity index (χ4n) is 2.84. The van der Waals surface area contributed by atoms with Gasteiger partial charge in [-0.25, -0.2) is 4.98 Å². The van der Waals surface area contributed by atoms with Crippen LogP contribution in [-0.4, -0.2) is 17.6 Å². The molecule has 0 aromatic carbocycles. The summed E-state index contributed by atoms with van der Waals surface area (Å²) < 4.78 is 0. The van der Waals surface area contributed by atoms with Gasteiger partial charge in [0.05, 0.1) is 5.56 Å². The average Bonchev–Trinajstić information content (AvgIpc) is 2.33. The molecule has 0 N–H and O–H groups in total. The standard InChI is InChI=1S/C15H21N3/c1-10-7-11(2)13(4)18(9-10)15-14(8-16)6-5-12(3)17-15/h5-6,10-11,13H,7,9H2,1-4H3. The number of nitrogens with zero attached hydrogens (tertiary/aromatic N) is 3. The third-order valence-corrected chi connectivity index (χ3v) is 4.00. The predicted molar refractivity (Wildman–Crippen MR) is 73.4 cm³/mol. The summed E-state index contributed by atoms with van der Waals surface area (Å²) in [5.74, 6) is 2.16. The van der Waals surface area contributed by atoms with Gasteiger partial charge in [0, 0.05) is 18.3 Å². The zero-order valence-corrected chi connectivity index (χ0v) is 11.6. The lowest BCUT2D eigenvalue weighted by Crippen LogP contribution is -2.46. The highest BCUT2D eigenvalue weighted by molar-refractivity contribution is 5.55. The summed E-state index contributed by atoms with van der Waals surface area (Å²) in [7, 11) is 0. The molecule has 1 fully saturated rings. The molecule has 2 heterocycles. The molecule has 1 aliphatic rings. The number of rotatable bonds is 1. The van der Waals surface area contributed by atoms with Gasteiger partial charge in [-0.05, 0) is 44.2 Å². The summed E-state index contributed by atoms with van der Waals surface area (Å²) in [6.45, 7) is 9.77. The van der Waals surface area contributed by atoms with Crippen molar-refractivity contribution in [3.8, 4) is 6.07 Å². The number of pyridine rings is 1. The molecular formula is C15H21N3. The lowest BCUT2D eigenvalue weighted by Gasteiger charge is -2.42. The van der Waals surface area contributed by atoms with Crippen molar-refractivity contribution in [2.75, 3.05) is 11.4 Å². The van der Waals surface area contributed by atoms with Crippen molar-refractivity contribution in [3.63, 3.8) is 0 Å². The first-order chi connectivity index (χ1) is 8.52. The molecule has 1 aromatic heterocycles. The van der Waals surface area contributed by atoms with Crippen molar-refractivity contribution < 1.29 is 0 Å². The number of nitriles is 1. The third-order valence-electron chi connectivity index (χ3n) is 4.00. The number of hydrogen-bond donors (Lipinski definition) is 0. The van der Waals surface area contributed by atoms with Crippen LogP contribution < -0.4 is 4.90 Å². The van der Waals surface area contributed by atoms with Gasteiger partial charge in [-0.15, -0.1) is 0 Å². The molecule has 3 heteroatoms. The molecule has 96 valence electrons. The average molecular weight is 243 g/mol. The molecule has 1 aromatic rings. The van der Waals surface area contributed by atoms with Crippen molar-refractivity contribution in [2.45, 2.75) is 40.2 Å². The zero-order valence-electron chi connectivity index (χ0n) is 11.6. The molecule has 1 saturated heterocycles. The second-order valence-electron chi connectivity index (χ2n) is 5.65. The van der Waals surface area contributed by atoms with Gasteiger partial charge in [-0.3, -0.25) is 0 Å². The van der Waals surface area contributed by atoms with E-state index in [0.29, 0.717) is 23.4 Å². The van der Waals surface area contributed by atoms with Gasteiger partial charge in [-0.2, -0.15) is 5.26 Å². The first-order valence-corrected chi connectivity index (χ1v) is 6.67. The fourth-order valence-corrected chi connectivity index (χ4v) is 2.84. The Kier molecular flexibility index (Phi) is 3.56. The largest absolute Gasteiger partial charge is 0.352 e. The van der Waals surface area contributed by atoms with Crippen LogP contribution in [-0.2, 0) is 0 Å². The van der Waals surface area contributed by atoms with Crippen LogP contribution >= 0.6 is 0 Å². The van der Waals surface area contributed by atoms with E-state index in [9.17, 15) is 5.26 Å². The van der Waals surface area contributed by atoms with E-state index in [4.69, 9.17) is 0 Å². The number of anilines is 1. The van der Waals surface area contributed by atoms with Crippen LogP contribution in [0.2, 0.25) is 0 Å². The summed E-state index contributed by atoms with van der Waals surface area (Å²) in [6, 6.07) is 6.50. The van der Waals surface area contributed by atoms with Crippen LogP contribution in [0.4, 0.5) is 5.82 Å². The third kappa shape index (κ3) is 2.33. The maximum Gasteiger partial charge on any atom is 0.147 e. The van der Waals surface area contributed by atoms with E-state index in [2.05, 4.69) is 36.7 Å². The summed E-state index contributed by atoms with van der Waals surface area (Å²) >= 11 is 0. The Balaban J connectivity index is 2.41. The minimum absolute atomic E-state index is 0.447. The van der Waals surface area contributed by atoms with Crippen LogP contribution in [0.25, 0.3) is 0 Å². The second-order valence-corrected chi connectivity index (χ2v) is 5.65. The van der Waals surface area contributed by atoms with Crippen molar-refractivity contribution in [1.82, 2.24) is 4.98 Å². The Morgan fingerprint density at radius 3 is 2.72 bits per heavy atom. The summed E-state index contributed by atoms with van der Waals surface area (Å²) in [5.41, 5.74) is 1.66. The molecule has 3 nitrogen and oxygen atoms in total. The SMILES string of the molecule is Cc1ccc(C#N)c(N2CC(C)CC(C)C2C)n1. The molecule has 3 atom stereocenters. The maximum absolute atomic E-state index is 9.24. The van der Waals surface area contributed by atoms with E-state index in [1.807, 2.05) is 19.1 Å². The van der Waals surface area contributed by atoms with Gasteiger partial charge in [0.1, 0.15) is 11.9 Å². The number of aromatic nitrogens is 1. The van der Waals surface area contributed by atoms with E-state index in [0.717, 1.165) is 18.1 Å². The molecular weight excluding hydrogens is 222 g/mol. The molecule has 1 aliphatic heterocycles. The van der Waals surface area contributed by atoms with Crippen molar-refractivity contribution in [2.24, 2.45) is 11.8 Å². The molecule has 0 spiro atoms. The first kappa shape index (κ1) is 12.9. The summed E-state index contributed by atoms with van der Waals surface area (Å²) in [5, 5.41) is 9.24. The Hall–Kier alpha value is -1.56. The molecule has 0 amide bonds. The Morgan fingerprint density at radius 1 is 1.33 bits per heavy atom. The lowest BCUT2D eigenvalue weighted by molar-refractivity contribution is 0.295. The summed E-state index contributed by atoms with van der Waals surface area (Å²) in [6.07, 6.45) is 1.26.